The predicted molar refractivity (Wildman–Crippen MR) is 62.9 cm³/mol. The summed E-state index contributed by atoms with van der Waals surface area (Å²) in [6.07, 6.45) is 1.75. The van der Waals surface area contributed by atoms with Crippen molar-refractivity contribution in [3.63, 3.8) is 0 Å². The highest BCUT2D eigenvalue weighted by atomic mass is 32.2. The van der Waals surface area contributed by atoms with Crippen LogP contribution in [0, 0.1) is 0 Å². The Balaban J connectivity index is 5.11. The van der Waals surface area contributed by atoms with Crippen LogP contribution in [0.25, 0.3) is 0 Å². The minimum absolute atomic E-state index is 0.0845. The molecule has 0 aromatic rings. The topological polar surface area (TPSA) is 64.6 Å². The van der Waals surface area contributed by atoms with Crippen LogP contribution < -0.4 is 5.32 Å². The predicted octanol–water partition coefficient (Wildman–Crippen LogP) is 0.907. The molecule has 0 atom stereocenters. The smallest absolute Gasteiger partial charge is 0.348 e. The molecule has 92 valence electrons. The van der Waals surface area contributed by atoms with E-state index < -0.39 is 11.9 Å². The third-order valence-corrected chi connectivity index (χ3v) is 2.43. The highest BCUT2D eigenvalue weighted by Crippen LogP contribution is 2.16. The fourth-order valence-electron chi connectivity index (χ4n) is 1.00. The minimum Gasteiger partial charge on any atom is -0.462 e. The number of ether oxygens (including phenoxy) is 2. The molecule has 0 aliphatic carbocycles. The van der Waals surface area contributed by atoms with Gasteiger partial charge in [-0.1, -0.05) is 0 Å². The summed E-state index contributed by atoms with van der Waals surface area (Å²) in [6, 6.07) is 0. The van der Waals surface area contributed by atoms with Crippen LogP contribution >= 0.6 is 11.8 Å². The Bertz CT molecular complexity index is 263. The summed E-state index contributed by atoms with van der Waals surface area (Å²) in [4.78, 5) is 23.2. The molecule has 5 nitrogen and oxygen atoms in total. The zero-order valence-corrected chi connectivity index (χ0v) is 10.8. The van der Waals surface area contributed by atoms with Crippen LogP contribution in [0.4, 0.5) is 0 Å². The number of rotatable bonds is 6. The van der Waals surface area contributed by atoms with Crippen molar-refractivity contribution in [1.29, 1.82) is 0 Å². The van der Waals surface area contributed by atoms with E-state index in [1.807, 2.05) is 0 Å². The molecule has 0 fully saturated rings. The average Bonchev–Trinajstić information content (AvgIpc) is 2.25. The Labute approximate surface area is 99.6 Å². The third kappa shape index (κ3) is 4.14. The molecule has 0 aromatic heterocycles. The van der Waals surface area contributed by atoms with Crippen molar-refractivity contribution in [2.75, 3.05) is 26.5 Å². The highest BCUT2D eigenvalue weighted by molar-refractivity contribution is 8.02. The number of esters is 2. The van der Waals surface area contributed by atoms with Gasteiger partial charge in [-0.25, -0.2) is 9.59 Å². The maximum Gasteiger partial charge on any atom is 0.348 e. The van der Waals surface area contributed by atoms with Crippen molar-refractivity contribution in [2.45, 2.75) is 13.8 Å². The SMILES string of the molecule is CCOC(=O)C(C(=O)OCC)=C(NC)SC. The molecule has 0 spiro atoms. The van der Waals surface area contributed by atoms with Crippen LogP contribution in [0.1, 0.15) is 13.8 Å². The Morgan fingerprint density at radius 2 is 1.56 bits per heavy atom. The van der Waals surface area contributed by atoms with Gasteiger partial charge >= 0.3 is 11.9 Å². The Morgan fingerprint density at radius 1 is 1.12 bits per heavy atom. The number of hydrogen-bond acceptors (Lipinski definition) is 6. The molecule has 6 heteroatoms. The van der Waals surface area contributed by atoms with Gasteiger partial charge in [0.25, 0.3) is 0 Å². The Hall–Kier alpha value is -1.17. The van der Waals surface area contributed by atoms with E-state index in [9.17, 15) is 9.59 Å². The molecule has 0 amide bonds. The van der Waals surface area contributed by atoms with E-state index in [1.165, 1.54) is 11.8 Å². The van der Waals surface area contributed by atoms with Gasteiger partial charge in [-0.2, -0.15) is 0 Å². The van der Waals surface area contributed by atoms with Crippen molar-refractivity contribution in [2.24, 2.45) is 0 Å². The van der Waals surface area contributed by atoms with E-state index in [4.69, 9.17) is 9.47 Å². The maximum atomic E-state index is 11.6. The van der Waals surface area contributed by atoms with E-state index in [0.29, 0.717) is 5.03 Å². The van der Waals surface area contributed by atoms with Gasteiger partial charge in [0.1, 0.15) is 0 Å². The second kappa shape index (κ2) is 8.04. The first kappa shape index (κ1) is 14.8. The molecule has 0 aliphatic heterocycles. The van der Waals surface area contributed by atoms with Gasteiger partial charge in [0.2, 0.25) is 0 Å². The fourth-order valence-corrected chi connectivity index (χ4v) is 1.58. The van der Waals surface area contributed by atoms with Crippen molar-refractivity contribution >= 4 is 23.7 Å². The molecule has 0 bridgehead atoms. The number of nitrogens with one attached hydrogen (secondary N) is 1. The standard InChI is InChI=1S/C10H17NO4S/c1-5-14-9(12)7(8(11-3)16-4)10(13)15-6-2/h11H,5-6H2,1-4H3. The maximum absolute atomic E-state index is 11.6. The van der Waals surface area contributed by atoms with Crippen LogP contribution in [0.3, 0.4) is 0 Å². The van der Waals surface area contributed by atoms with Gasteiger partial charge in [0.15, 0.2) is 5.57 Å². The van der Waals surface area contributed by atoms with E-state index in [-0.39, 0.29) is 18.8 Å². The zero-order chi connectivity index (χ0) is 12.6. The van der Waals surface area contributed by atoms with Crippen molar-refractivity contribution in [3.8, 4) is 0 Å². The highest BCUT2D eigenvalue weighted by Gasteiger charge is 2.25. The second-order valence-electron chi connectivity index (χ2n) is 2.60. The van der Waals surface area contributed by atoms with Gasteiger partial charge in [-0.3, -0.25) is 0 Å². The molecule has 0 saturated heterocycles. The summed E-state index contributed by atoms with van der Waals surface area (Å²) in [5.41, 5.74) is -0.0845. The van der Waals surface area contributed by atoms with Crippen LogP contribution in [0.5, 0.6) is 0 Å². The fraction of sp³-hybridized carbons (Fsp3) is 0.600. The normalized spacial score (nSPS) is 9.25. The first-order valence-corrected chi connectivity index (χ1v) is 6.15. The lowest BCUT2D eigenvalue weighted by Gasteiger charge is -2.11. The summed E-state index contributed by atoms with van der Waals surface area (Å²) in [5.74, 6) is -1.33. The van der Waals surface area contributed by atoms with E-state index >= 15 is 0 Å². The van der Waals surface area contributed by atoms with Crippen molar-refractivity contribution < 1.29 is 19.1 Å². The molecule has 0 rings (SSSR count). The van der Waals surface area contributed by atoms with Crippen LogP contribution in [0.2, 0.25) is 0 Å². The number of carbonyl (C=O) groups is 2. The molecule has 0 heterocycles. The van der Waals surface area contributed by atoms with Gasteiger partial charge in [-0.05, 0) is 20.1 Å². The Morgan fingerprint density at radius 3 is 1.81 bits per heavy atom. The molecule has 16 heavy (non-hydrogen) atoms. The number of hydrogen-bond donors (Lipinski definition) is 1. The first-order chi connectivity index (χ1) is 7.62. The van der Waals surface area contributed by atoms with Gasteiger partial charge < -0.3 is 14.8 Å². The Kier molecular flexibility index (Phi) is 7.45. The van der Waals surface area contributed by atoms with Crippen LogP contribution in [0.15, 0.2) is 10.6 Å². The quantitative estimate of drug-likeness (QED) is 0.326. The first-order valence-electron chi connectivity index (χ1n) is 4.92. The molecule has 0 radical (unpaired) electrons. The lowest BCUT2D eigenvalue weighted by Crippen LogP contribution is -2.23. The molecular formula is C10H17NO4S. The molecule has 0 unspecified atom stereocenters. The monoisotopic (exact) mass is 247 g/mol. The van der Waals surface area contributed by atoms with Gasteiger partial charge in [0, 0.05) is 7.05 Å². The molecule has 1 N–H and O–H groups in total. The molecular weight excluding hydrogens is 230 g/mol. The second-order valence-corrected chi connectivity index (χ2v) is 3.42. The van der Waals surface area contributed by atoms with E-state index in [1.54, 1.807) is 27.2 Å². The van der Waals surface area contributed by atoms with E-state index in [2.05, 4.69) is 5.32 Å². The average molecular weight is 247 g/mol. The third-order valence-electron chi connectivity index (χ3n) is 1.62. The summed E-state index contributed by atoms with van der Waals surface area (Å²) in [5, 5.41) is 3.21. The van der Waals surface area contributed by atoms with Crippen molar-refractivity contribution in [3.05, 3.63) is 10.6 Å². The van der Waals surface area contributed by atoms with Gasteiger partial charge in [-0.15, -0.1) is 11.8 Å². The zero-order valence-electron chi connectivity index (χ0n) is 9.96. The van der Waals surface area contributed by atoms with Crippen molar-refractivity contribution in [1.82, 2.24) is 5.32 Å². The lowest BCUT2D eigenvalue weighted by atomic mass is 10.3. The molecule has 0 aromatic carbocycles. The van der Waals surface area contributed by atoms with Crippen LogP contribution in [-0.4, -0.2) is 38.5 Å². The largest absolute Gasteiger partial charge is 0.462 e. The number of carbonyl (C=O) groups excluding carboxylic acids is 2. The minimum atomic E-state index is -0.667. The van der Waals surface area contributed by atoms with Crippen LogP contribution in [-0.2, 0) is 19.1 Å². The van der Waals surface area contributed by atoms with E-state index in [0.717, 1.165) is 0 Å². The summed E-state index contributed by atoms with van der Waals surface area (Å²) in [6.45, 7) is 3.79. The lowest BCUT2D eigenvalue weighted by molar-refractivity contribution is -0.146. The van der Waals surface area contributed by atoms with Gasteiger partial charge in [0.05, 0.1) is 18.2 Å². The summed E-state index contributed by atoms with van der Waals surface area (Å²) < 4.78 is 9.61. The molecule has 0 aliphatic rings. The summed E-state index contributed by atoms with van der Waals surface area (Å²) >= 11 is 1.25. The number of thioether (sulfide) groups is 1. The summed E-state index contributed by atoms with van der Waals surface area (Å²) in [7, 11) is 1.63. The molecule has 0 saturated carbocycles.